The second kappa shape index (κ2) is 4.59. The molecule has 5 nitrogen and oxygen atoms in total. The largest absolute Gasteiger partial charge is 0.504 e. The Balaban J connectivity index is 3.45. The molecular weight excluding hydrogens is 234 g/mol. The summed E-state index contributed by atoms with van der Waals surface area (Å²) in [6.07, 6.45) is 0. The van der Waals surface area contributed by atoms with Gasteiger partial charge >= 0.3 is 5.97 Å². The van der Waals surface area contributed by atoms with E-state index in [4.69, 9.17) is 27.2 Å². The SMILES string of the molecule is COc1c(Cl)cc(C)c(C(N)C(=O)O)c1O. The van der Waals surface area contributed by atoms with E-state index in [1.54, 1.807) is 6.92 Å². The Morgan fingerprint density at radius 1 is 1.62 bits per heavy atom. The molecule has 1 rings (SSSR count). The van der Waals surface area contributed by atoms with E-state index in [2.05, 4.69) is 0 Å². The van der Waals surface area contributed by atoms with Crippen molar-refractivity contribution in [3.05, 3.63) is 22.2 Å². The van der Waals surface area contributed by atoms with Crippen molar-refractivity contribution in [1.82, 2.24) is 0 Å². The van der Waals surface area contributed by atoms with Gasteiger partial charge in [-0.2, -0.15) is 0 Å². The van der Waals surface area contributed by atoms with Crippen LogP contribution >= 0.6 is 11.6 Å². The van der Waals surface area contributed by atoms with Gasteiger partial charge in [-0.3, -0.25) is 4.79 Å². The molecule has 1 atom stereocenters. The summed E-state index contributed by atoms with van der Waals surface area (Å²) in [4.78, 5) is 10.8. The monoisotopic (exact) mass is 245 g/mol. The average molecular weight is 246 g/mol. The number of nitrogens with two attached hydrogens (primary N) is 1. The number of aromatic hydroxyl groups is 1. The standard InChI is InChI=1S/C10H12ClNO4/c1-4-3-5(11)9(16-2)8(13)6(4)7(12)10(14)15/h3,7,13H,12H2,1-2H3,(H,14,15). The predicted octanol–water partition coefficient (Wildman–Crippen LogP) is 1.45. The molecule has 0 aliphatic rings. The molecule has 0 aromatic heterocycles. The number of methoxy groups -OCH3 is 1. The van der Waals surface area contributed by atoms with E-state index in [-0.39, 0.29) is 22.1 Å². The highest BCUT2D eigenvalue weighted by Gasteiger charge is 2.24. The fourth-order valence-corrected chi connectivity index (χ4v) is 1.80. The number of phenols is 1. The van der Waals surface area contributed by atoms with Gasteiger partial charge in [-0.15, -0.1) is 0 Å². The summed E-state index contributed by atoms with van der Waals surface area (Å²) in [6.45, 7) is 1.61. The maximum absolute atomic E-state index is 10.8. The molecule has 0 saturated heterocycles. The molecule has 1 aromatic carbocycles. The van der Waals surface area contributed by atoms with Gasteiger partial charge in [0.1, 0.15) is 6.04 Å². The molecule has 0 radical (unpaired) electrons. The smallest absolute Gasteiger partial charge is 0.325 e. The topological polar surface area (TPSA) is 92.8 Å². The van der Waals surface area contributed by atoms with Gasteiger partial charge in [-0.1, -0.05) is 11.6 Å². The molecule has 16 heavy (non-hydrogen) atoms. The summed E-state index contributed by atoms with van der Waals surface area (Å²) in [7, 11) is 1.33. The van der Waals surface area contributed by atoms with E-state index in [1.807, 2.05) is 0 Å². The van der Waals surface area contributed by atoms with Gasteiger partial charge in [0, 0.05) is 5.56 Å². The second-order valence-electron chi connectivity index (χ2n) is 3.29. The van der Waals surface area contributed by atoms with E-state index in [0.29, 0.717) is 5.56 Å². The summed E-state index contributed by atoms with van der Waals surface area (Å²) in [5, 5.41) is 18.8. The Morgan fingerprint density at radius 3 is 2.62 bits per heavy atom. The van der Waals surface area contributed by atoms with Crippen LogP contribution in [0.25, 0.3) is 0 Å². The molecule has 1 aromatic rings. The quantitative estimate of drug-likeness (QED) is 0.749. The molecule has 0 amide bonds. The first-order valence-corrected chi connectivity index (χ1v) is 4.82. The number of rotatable bonds is 3. The molecule has 0 aliphatic heterocycles. The molecule has 0 spiro atoms. The van der Waals surface area contributed by atoms with Crippen molar-refractivity contribution in [2.24, 2.45) is 5.73 Å². The number of carboxylic acid groups (broad SMARTS) is 1. The second-order valence-corrected chi connectivity index (χ2v) is 3.69. The van der Waals surface area contributed by atoms with Crippen molar-refractivity contribution in [3.63, 3.8) is 0 Å². The molecule has 0 bridgehead atoms. The minimum Gasteiger partial charge on any atom is -0.504 e. The maximum atomic E-state index is 10.8. The Hall–Kier alpha value is -1.46. The normalized spacial score (nSPS) is 12.2. The lowest BCUT2D eigenvalue weighted by atomic mass is 10.00. The zero-order valence-corrected chi connectivity index (χ0v) is 9.58. The molecule has 4 N–H and O–H groups in total. The van der Waals surface area contributed by atoms with Crippen LogP contribution in [0.5, 0.6) is 11.5 Å². The summed E-state index contributed by atoms with van der Waals surface area (Å²) >= 11 is 5.82. The molecule has 6 heteroatoms. The lowest BCUT2D eigenvalue weighted by Gasteiger charge is -2.16. The molecular formula is C10H12ClNO4. The number of aliphatic carboxylic acids is 1. The van der Waals surface area contributed by atoms with Gasteiger partial charge in [0.2, 0.25) is 0 Å². The molecule has 0 heterocycles. The molecule has 0 fully saturated rings. The van der Waals surface area contributed by atoms with Gasteiger partial charge in [0.25, 0.3) is 0 Å². The summed E-state index contributed by atoms with van der Waals surface area (Å²) in [6, 6.07) is 0.185. The molecule has 88 valence electrons. The van der Waals surface area contributed by atoms with Crippen LogP contribution in [-0.4, -0.2) is 23.3 Å². The average Bonchev–Trinajstić information content (AvgIpc) is 2.17. The Bertz CT molecular complexity index is 433. The highest BCUT2D eigenvalue weighted by atomic mass is 35.5. The summed E-state index contributed by atoms with van der Waals surface area (Å²) in [5.41, 5.74) is 6.06. The van der Waals surface area contributed by atoms with E-state index >= 15 is 0 Å². The van der Waals surface area contributed by atoms with Crippen molar-refractivity contribution in [1.29, 1.82) is 0 Å². The lowest BCUT2D eigenvalue weighted by molar-refractivity contribution is -0.138. The fraction of sp³-hybridized carbons (Fsp3) is 0.300. The Morgan fingerprint density at radius 2 is 2.19 bits per heavy atom. The Kier molecular flexibility index (Phi) is 3.62. The van der Waals surface area contributed by atoms with Crippen molar-refractivity contribution in [2.45, 2.75) is 13.0 Å². The molecule has 0 saturated carbocycles. The van der Waals surface area contributed by atoms with Crippen molar-refractivity contribution < 1.29 is 19.7 Å². The number of carboxylic acids is 1. The maximum Gasteiger partial charge on any atom is 0.325 e. The molecule has 0 aliphatic carbocycles. The number of benzene rings is 1. The van der Waals surface area contributed by atoms with E-state index in [9.17, 15) is 9.90 Å². The number of hydrogen-bond donors (Lipinski definition) is 3. The third-order valence-electron chi connectivity index (χ3n) is 2.24. The lowest BCUT2D eigenvalue weighted by Crippen LogP contribution is -2.22. The van der Waals surface area contributed by atoms with Crippen molar-refractivity contribution in [3.8, 4) is 11.5 Å². The number of carbonyl (C=O) groups is 1. The highest BCUT2D eigenvalue weighted by Crippen LogP contribution is 2.41. The van der Waals surface area contributed by atoms with E-state index in [1.165, 1.54) is 13.2 Å². The predicted molar refractivity (Wildman–Crippen MR) is 59.0 cm³/mol. The van der Waals surface area contributed by atoms with Crippen LogP contribution in [0.2, 0.25) is 5.02 Å². The number of hydrogen-bond acceptors (Lipinski definition) is 4. The van der Waals surface area contributed by atoms with Gasteiger partial charge < -0.3 is 20.7 Å². The Labute approximate surface area is 97.4 Å². The van der Waals surface area contributed by atoms with Crippen molar-refractivity contribution >= 4 is 17.6 Å². The van der Waals surface area contributed by atoms with Crippen LogP contribution in [-0.2, 0) is 4.79 Å². The van der Waals surface area contributed by atoms with Crippen LogP contribution in [0.4, 0.5) is 0 Å². The third-order valence-corrected chi connectivity index (χ3v) is 2.52. The minimum atomic E-state index is -1.31. The zero-order valence-electron chi connectivity index (χ0n) is 8.82. The van der Waals surface area contributed by atoms with Gasteiger partial charge in [0.05, 0.1) is 12.1 Å². The minimum absolute atomic E-state index is 0.0268. The number of aryl methyl sites for hydroxylation is 1. The van der Waals surface area contributed by atoms with Crippen LogP contribution < -0.4 is 10.5 Å². The fourth-order valence-electron chi connectivity index (χ4n) is 1.47. The van der Waals surface area contributed by atoms with Crippen LogP contribution in [0.3, 0.4) is 0 Å². The van der Waals surface area contributed by atoms with Crippen LogP contribution in [0.15, 0.2) is 6.07 Å². The van der Waals surface area contributed by atoms with Crippen molar-refractivity contribution in [2.75, 3.05) is 7.11 Å². The zero-order chi connectivity index (χ0) is 12.5. The van der Waals surface area contributed by atoms with Crippen LogP contribution in [0.1, 0.15) is 17.2 Å². The van der Waals surface area contributed by atoms with Gasteiger partial charge in [0.15, 0.2) is 11.5 Å². The first-order chi connectivity index (χ1) is 7.40. The highest BCUT2D eigenvalue weighted by molar-refractivity contribution is 6.32. The van der Waals surface area contributed by atoms with E-state index in [0.717, 1.165) is 0 Å². The van der Waals surface area contributed by atoms with E-state index < -0.39 is 12.0 Å². The number of ether oxygens (including phenoxy) is 1. The van der Waals surface area contributed by atoms with Gasteiger partial charge in [-0.05, 0) is 18.6 Å². The first-order valence-electron chi connectivity index (χ1n) is 4.44. The summed E-state index contributed by atoms with van der Waals surface area (Å²) < 4.78 is 4.87. The third kappa shape index (κ3) is 2.05. The number of halogens is 1. The van der Waals surface area contributed by atoms with Crippen LogP contribution in [0, 0.1) is 6.92 Å². The van der Waals surface area contributed by atoms with Gasteiger partial charge in [-0.25, -0.2) is 0 Å². The first kappa shape index (κ1) is 12.6. The molecule has 1 unspecified atom stereocenters. The number of phenolic OH excluding ortho intramolecular Hbond substituents is 1. The summed E-state index contributed by atoms with van der Waals surface area (Å²) in [5.74, 6) is -1.54.